The lowest BCUT2D eigenvalue weighted by Crippen LogP contribution is -3.00. The van der Waals surface area contributed by atoms with E-state index in [1.807, 2.05) is 35.0 Å². The molecule has 0 saturated carbocycles. The Morgan fingerprint density at radius 1 is 1.06 bits per heavy atom. The van der Waals surface area contributed by atoms with Crippen LogP contribution in [0.4, 0.5) is 5.69 Å². The number of ether oxygens (including phenoxy) is 2. The third-order valence-electron chi connectivity index (χ3n) is 4.17. The van der Waals surface area contributed by atoms with Gasteiger partial charge in [0.05, 0.1) is 12.6 Å². The van der Waals surface area contributed by atoms with Crippen LogP contribution in [0.15, 0.2) is 67.3 Å². The Bertz CT molecular complexity index is 1030. The summed E-state index contributed by atoms with van der Waals surface area (Å²) in [5.74, 6) is 1.31. The smallest absolute Gasteiger partial charge is 0.229 e. The van der Waals surface area contributed by atoms with Crippen molar-refractivity contribution in [1.82, 2.24) is 14.9 Å². The number of halogens is 1. The molecule has 0 saturated heterocycles. The Morgan fingerprint density at radius 2 is 1.72 bits per heavy atom. The van der Waals surface area contributed by atoms with Crippen LogP contribution in [-0.4, -0.2) is 61.7 Å². The largest absolute Gasteiger partial charge is 1.00 e. The van der Waals surface area contributed by atoms with Crippen molar-refractivity contribution in [3.05, 3.63) is 67.3 Å². The molecular weight excluding hydrogens is 456 g/mol. The van der Waals surface area contributed by atoms with Crippen molar-refractivity contribution < 1.29 is 35.4 Å². The van der Waals surface area contributed by atoms with Gasteiger partial charge in [-0.15, -0.1) is 0 Å². The highest BCUT2D eigenvalue weighted by molar-refractivity contribution is 7.92. The summed E-state index contributed by atoms with van der Waals surface area (Å²) in [4.78, 5) is 4.02. The first-order chi connectivity index (χ1) is 14.9. The number of rotatable bonds is 12. The third kappa shape index (κ3) is 8.75. The van der Waals surface area contributed by atoms with Crippen molar-refractivity contribution in [2.75, 3.05) is 37.3 Å². The second kappa shape index (κ2) is 12.3. The maximum absolute atomic E-state index is 11.2. The van der Waals surface area contributed by atoms with Gasteiger partial charge in [-0.05, 0) is 48.5 Å². The molecule has 3 N–H and O–H groups in total. The molecule has 11 heteroatoms. The molecule has 0 fully saturated rings. The quantitative estimate of drug-likeness (QED) is 0.274. The number of hydrogen-bond donors (Lipinski definition) is 3. The number of nitrogens with one attached hydrogen (secondary N) is 2. The Balaban J connectivity index is 0.00000363. The standard InChI is InChI=1S/C21H26N4O5S.ClH/c1-31(27,28)24-17-2-6-21(7-3-17)30-15-19(26)14-22-11-13-29-20-8-4-18(5-9-20)25-12-10-23-16-25;/h2-10,12,16,19,22,24,26H,11,13-15H2,1H3;1H/p-1. The highest BCUT2D eigenvalue weighted by atomic mass is 35.5. The molecule has 0 amide bonds. The molecule has 0 aliphatic heterocycles. The molecule has 0 radical (unpaired) electrons. The molecule has 1 aromatic heterocycles. The first-order valence-electron chi connectivity index (χ1n) is 9.70. The van der Waals surface area contributed by atoms with Crippen LogP contribution in [-0.2, 0) is 10.0 Å². The number of aliphatic hydroxyl groups is 1. The van der Waals surface area contributed by atoms with Gasteiger partial charge >= 0.3 is 0 Å². The van der Waals surface area contributed by atoms with Crippen molar-refractivity contribution in [2.45, 2.75) is 6.10 Å². The zero-order valence-corrected chi connectivity index (χ0v) is 19.1. The lowest BCUT2D eigenvalue weighted by Gasteiger charge is -2.14. The van der Waals surface area contributed by atoms with Crippen LogP contribution in [0.5, 0.6) is 11.5 Å². The zero-order valence-electron chi connectivity index (χ0n) is 17.5. The number of benzene rings is 2. The summed E-state index contributed by atoms with van der Waals surface area (Å²) in [6.45, 7) is 1.51. The fourth-order valence-corrected chi connectivity index (χ4v) is 3.28. The molecule has 3 rings (SSSR count). The summed E-state index contributed by atoms with van der Waals surface area (Å²) in [6, 6.07) is 14.2. The van der Waals surface area contributed by atoms with Gasteiger partial charge < -0.3 is 36.9 Å². The monoisotopic (exact) mass is 481 g/mol. The molecular formula is C21H26ClN4O5S-. The minimum atomic E-state index is -3.31. The average molecular weight is 482 g/mol. The molecule has 0 spiro atoms. The average Bonchev–Trinajstić information content (AvgIpc) is 3.27. The first kappa shape index (κ1) is 25.5. The molecule has 0 aliphatic rings. The Labute approximate surface area is 193 Å². The van der Waals surface area contributed by atoms with Crippen LogP contribution in [0.25, 0.3) is 5.69 Å². The van der Waals surface area contributed by atoms with Crippen molar-refractivity contribution >= 4 is 15.7 Å². The minimum Gasteiger partial charge on any atom is -1.00 e. The Hall–Kier alpha value is -2.79. The predicted molar refractivity (Wildman–Crippen MR) is 118 cm³/mol. The number of imidazole rings is 1. The number of sulfonamides is 1. The highest BCUT2D eigenvalue weighted by Gasteiger charge is 2.06. The lowest BCUT2D eigenvalue weighted by molar-refractivity contribution is -0.0000112. The van der Waals surface area contributed by atoms with Crippen molar-refractivity contribution in [3.8, 4) is 17.2 Å². The number of nitrogens with zero attached hydrogens (tertiary/aromatic N) is 2. The van der Waals surface area contributed by atoms with Crippen LogP contribution in [0.2, 0.25) is 0 Å². The van der Waals surface area contributed by atoms with Gasteiger partial charge in [-0.1, -0.05) is 0 Å². The van der Waals surface area contributed by atoms with Crippen molar-refractivity contribution in [1.29, 1.82) is 0 Å². The van der Waals surface area contributed by atoms with E-state index in [9.17, 15) is 13.5 Å². The van der Waals surface area contributed by atoms with E-state index in [4.69, 9.17) is 9.47 Å². The highest BCUT2D eigenvalue weighted by Crippen LogP contribution is 2.17. The summed E-state index contributed by atoms with van der Waals surface area (Å²) >= 11 is 0. The van der Waals surface area contributed by atoms with Gasteiger partial charge in [-0.25, -0.2) is 13.4 Å². The van der Waals surface area contributed by atoms with Crippen LogP contribution in [0.1, 0.15) is 0 Å². The van der Waals surface area contributed by atoms with E-state index in [2.05, 4.69) is 15.0 Å². The van der Waals surface area contributed by atoms with Gasteiger partial charge in [0.25, 0.3) is 0 Å². The maximum Gasteiger partial charge on any atom is 0.229 e. The molecule has 1 unspecified atom stereocenters. The topological polar surface area (TPSA) is 115 Å². The lowest BCUT2D eigenvalue weighted by atomic mass is 10.3. The van der Waals surface area contributed by atoms with Gasteiger partial charge in [-0.2, -0.15) is 0 Å². The van der Waals surface area contributed by atoms with E-state index in [-0.39, 0.29) is 19.0 Å². The molecule has 1 heterocycles. The minimum absolute atomic E-state index is 0. The van der Waals surface area contributed by atoms with Crippen molar-refractivity contribution in [3.63, 3.8) is 0 Å². The fourth-order valence-electron chi connectivity index (χ4n) is 2.72. The van der Waals surface area contributed by atoms with E-state index in [0.29, 0.717) is 31.1 Å². The van der Waals surface area contributed by atoms with Gasteiger partial charge in [-0.3, -0.25) is 4.72 Å². The SMILES string of the molecule is CS(=O)(=O)Nc1ccc(OCC(O)CNCCOc2ccc(-n3ccnc3)cc2)cc1.[Cl-]. The van der Waals surface area contributed by atoms with Crippen LogP contribution in [0, 0.1) is 0 Å². The van der Waals surface area contributed by atoms with Crippen molar-refractivity contribution in [2.24, 2.45) is 0 Å². The number of aromatic nitrogens is 2. The summed E-state index contributed by atoms with van der Waals surface area (Å²) in [5, 5.41) is 13.1. The number of anilines is 1. The molecule has 1 atom stereocenters. The molecule has 9 nitrogen and oxygen atoms in total. The van der Waals surface area contributed by atoms with Gasteiger partial charge in [0, 0.05) is 36.9 Å². The Morgan fingerprint density at radius 3 is 2.34 bits per heavy atom. The summed E-state index contributed by atoms with van der Waals surface area (Å²) in [6.07, 6.45) is 5.73. The summed E-state index contributed by atoms with van der Waals surface area (Å²) in [7, 11) is -3.31. The van der Waals surface area contributed by atoms with Gasteiger partial charge in [0.1, 0.15) is 30.8 Å². The number of hydrogen-bond acceptors (Lipinski definition) is 7. The van der Waals surface area contributed by atoms with E-state index in [1.54, 1.807) is 36.8 Å². The van der Waals surface area contributed by atoms with Gasteiger partial charge in [0.15, 0.2) is 0 Å². The Kier molecular flexibility index (Phi) is 9.79. The summed E-state index contributed by atoms with van der Waals surface area (Å²) in [5.41, 5.74) is 1.46. The van der Waals surface area contributed by atoms with Crippen LogP contribution >= 0.6 is 0 Å². The van der Waals surface area contributed by atoms with Crippen LogP contribution < -0.4 is 31.9 Å². The molecule has 32 heavy (non-hydrogen) atoms. The zero-order chi connectivity index (χ0) is 22.1. The first-order valence-corrected chi connectivity index (χ1v) is 11.6. The number of aliphatic hydroxyl groups excluding tert-OH is 1. The van der Waals surface area contributed by atoms with E-state index >= 15 is 0 Å². The summed E-state index contributed by atoms with van der Waals surface area (Å²) < 4.78 is 37.9. The van der Waals surface area contributed by atoms with Crippen LogP contribution in [0.3, 0.4) is 0 Å². The normalized spacial score (nSPS) is 11.9. The molecule has 3 aromatic rings. The van der Waals surface area contributed by atoms with E-state index in [1.165, 1.54) is 0 Å². The van der Waals surface area contributed by atoms with E-state index < -0.39 is 16.1 Å². The van der Waals surface area contributed by atoms with E-state index in [0.717, 1.165) is 17.7 Å². The molecule has 0 bridgehead atoms. The molecule has 0 aliphatic carbocycles. The second-order valence-corrected chi connectivity index (χ2v) is 8.63. The molecule has 2 aromatic carbocycles. The second-order valence-electron chi connectivity index (χ2n) is 6.88. The molecule has 174 valence electrons. The van der Waals surface area contributed by atoms with Gasteiger partial charge in [0.2, 0.25) is 10.0 Å². The third-order valence-corrected chi connectivity index (χ3v) is 4.77. The predicted octanol–water partition coefficient (Wildman–Crippen LogP) is -1.34. The maximum atomic E-state index is 11.2. The fraction of sp³-hybridized carbons (Fsp3) is 0.286.